The van der Waals surface area contributed by atoms with Crippen molar-refractivity contribution < 1.29 is 18.0 Å². The Hall–Kier alpha value is -3.09. The maximum Gasteiger partial charge on any atom is 0.255 e. The molecule has 4 rings (SSSR count). The summed E-state index contributed by atoms with van der Waals surface area (Å²) in [5.41, 5.74) is 2.35. The van der Waals surface area contributed by atoms with E-state index in [1.165, 1.54) is 22.9 Å². The van der Waals surface area contributed by atoms with Gasteiger partial charge in [-0.15, -0.1) is 0 Å². The molecule has 2 atom stereocenters. The molecule has 1 amide bonds. The van der Waals surface area contributed by atoms with E-state index in [4.69, 9.17) is 0 Å². The van der Waals surface area contributed by atoms with Crippen LogP contribution in [0, 0.1) is 31.3 Å². The van der Waals surface area contributed by atoms with Crippen LogP contribution in [0.4, 0.5) is 13.2 Å². The van der Waals surface area contributed by atoms with Gasteiger partial charge in [-0.05, 0) is 50.1 Å². The van der Waals surface area contributed by atoms with Gasteiger partial charge in [-0.25, -0.2) is 17.9 Å². The smallest absolute Gasteiger partial charge is 0.255 e. The molecule has 0 aliphatic heterocycles. The summed E-state index contributed by atoms with van der Waals surface area (Å²) in [6.45, 7) is 3.34. The Labute approximate surface area is 160 Å². The summed E-state index contributed by atoms with van der Waals surface area (Å²) in [5, 5.41) is 7.22. The number of nitrogens with one attached hydrogen (secondary N) is 1. The number of benzene rings is 2. The Kier molecular flexibility index (Phi) is 4.45. The Morgan fingerprint density at radius 2 is 1.75 bits per heavy atom. The number of aryl methyl sites for hydroxylation is 1. The fraction of sp³-hybridized carbons (Fsp3) is 0.238. The molecule has 2 aromatic carbocycles. The minimum atomic E-state index is -0.754. The number of carbonyl (C=O) groups is 1. The molecule has 1 aromatic heterocycles. The summed E-state index contributed by atoms with van der Waals surface area (Å²) >= 11 is 0. The van der Waals surface area contributed by atoms with Gasteiger partial charge in [0.05, 0.1) is 17.0 Å². The summed E-state index contributed by atoms with van der Waals surface area (Å²) in [7, 11) is 0. The number of rotatable bonds is 4. The molecule has 0 spiro atoms. The number of nitrogens with zero attached hydrogens (tertiary/aromatic N) is 2. The van der Waals surface area contributed by atoms with Gasteiger partial charge in [0.25, 0.3) is 5.91 Å². The summed E-state index contributed by atoms with van der Waals surface area (Å²) in [6, 6.07) is 9.43. The van der Waals surface area contributed by atoms with E-state index in [0.717, 1.165) is 24.1 Å². The van der Waals surface area contributed by atoms with Crippen molar-refractivity contribution in [3.05, 3.63) is 82.4 Å². The van der Waals surface area contributed by atoms with Gasteiger partial charge in [0.1, 0.15) is 17.3 Å². The number of hydrogen-bond acceptors (Lipinski definition) is 2. The molecule has 0 bridgehead atoms. The molecule has 3 aromatic rings. The summed E-state index contributed by atoms with van der Waals surface area (Å²) in [4.78, 5) is 12.8. The van der Waals surface area contributed by atoms with Crippen LogP contribution < -0.4 is 5.32 Å². The molecule has 28 heavy (non-hydrogen) atoms. The summed E-state index contributed by atoms with van der Waals surface area (Å²) in [5.74, 6) is -1.87. The summed E-state index contributed by atoms with van der Waals surface area (Å²) < 4.78 is 41.7. The van der Waals surface area contributed by atoms with Gasteiger partial charge in [-0.2, -0.15) is 5.10 Å². The first-order valence-corrected chi connectivity index (χ1v) is 8.93. The van der Waals surface area contributed by atoms with Crippen LogP contribution in [0.25, 0.3) is 5.69 Å². The molecule has 0 saturated heterocycles. The van der Waals surface area contributed by atoms with Crippen LogP contribution in [0.2, 0.25) is 0 Å². The molecule has 1 N–H and O–H groups in total. The Bertz CT molecular complexity index is 1060. The Morgan fingerprint density at radius 3 is 2.43 bits per heavy atom. The predicted molar refractivity (Wildman–Crippen MR) is 98.0 cm³/mol. The first-order chi connectivity index (χ1) is 13.3. The zero-order valence-electron chi connectivity index (χ0n) is 15.3. The second kappa shape index (κ2) is 6.82. The molecular weight excluding hydrogens is 367 g/mol. The number of halogens is 3. The van der Waals surface area contributed by atoms with Gasteiger partial charge < -0.3 is 5.32 Å². The fourth-order valence-corrected chi connectivity index (χ4v) is 3.53. The Balaban J connectivity index is 1.54. The molecule has 0 unspecified atom stereocenters. The molecule has 1 fully saturated rings. The van der Waals surface area contributed by atoms with Crippen molar-refractivity contribution in [1.29, 1.82) is 0 Å². The van der Waals surface area contributed by atoms with Crippen molar-refractivity contribution in [3.63, 3.8) is 0 Å². The quantitative estimate of drug-likeness (QED) is 0.732. The first-order valence-electron chi connectivity index (χ1n) is 8.93. The first kappa shape index (κ1) is 18.3. The van der Waals surface area contributed by atoms with Crippen molar-refractivity contribution in [3.8, 4) is 5.69 Å². The van der Waals surface area contributed by atoms with Crippen LogP contribution in [0.5, 0.6) is 0 Å². The lowest BCUT2D eigenvalue weighted by atomic mass is 10.1. The SMILES string of the molecule is Cc1nn(-c2ccc(F)cc2F)c(C)c1C(=O)N[C@@H]1C[C@H]1c1ccc(F)cc1. The van der Waals surface area contributed by atoms with Gasteiger partial charge in [-0.3, -0.25) is 4.79 Å². The van der Waals surface area contributed by atoms with E-state index in [-0.39, 0.29) is 29.4 Å². The number of amides is 1. The summed E-state index contributed by atoms with van der Waals surface area (Å²) in [6.07, 6.45) is 0.774. The molecule has 0 radical (unpaired) electrons. The van der Waals surface area contributed by atoms with Crippen molar-refractivity contribution in [1.82, 2.24) is 15.1 Å². The largest absolute Gasteiger partial charge is 0.349 e. The molecule has 4 nitrogen and oxygen atoms in total. The predicted octanol–water partition coefficient (Wildman–Crippen LogP) is 4.19. The van der Waals surface area contributed by atoms with Gasteiger partial charge in [0.2, 0.25) is 0 Å². The molecule has 1 heterocycles. The standard InChI is InChI=1S/C21H18F3N3O/c1-11-20(12(2)27(26-11)19-8-7-15(23)9-17(19)24)21(28)25-18-10-16(18)13-3-5-14(22)6-4-13/h3-9,16,18H,10H2,1-2H3,(H,25,28)/t16-,18+/m0/s1. The minimum Gasteiger partial charge on any atom is -0.349 e. The van der Waals surface area contributed by atoms with Gasteiger partial charge >= 0.3 is 0 Å². The highest BCUT2D eigenvalue weighted by atomic mass is 19.1. The number of aromatic nitrogens is 2. The van der Waals surface area contributed by atoms with Gasteiger partial charge in [0, 0.05) is 18.0 Å². The van der Waals surface area contributed by atoms with E-state index in [1.54, 1.807) is 26.0 Å². The third kappa shape index (κ3) is 3.28. The number of carbonyl (C=O) groups excluding carboxylic acids is 1. The molecular formula is C21H18F3N3O. The monoisotopic (exact) mass is 385 g/mol. The van der Waals surface area contributed by atoms with E-state index in [0.29, 0.717) is 17.0 Å². The lowest BCUT2D eigenvalue weighted by Crippen LogP contribution is -2.27. The molecule has 1 aliphatic rings. The highest BCUT2D eigenvalue weighted by molar-refractivity contribution is 5.97. The second-order valence-electron chi connectivity index (χ2n) is 7.03. The van der Waals surface area contributed by atoms with Crippen molar-refractivity contribution in [2.24, 2.45) is 0 Å². The van der Waals surface area contributed by atoms with Gasteiger partial charge in [0.15, 0.2) is 5.82 Å². The normalized spacial score (nSPS) is 18.2. The van der Waals surface area contributed by atoms with Crippen LogP contribution in [-0.2, 0) is 0 Å². The van der Waals surface area contributed by atoms with Crippen molar-refractivity contribution in [2.75, 3.05) is 0 Å². The fourth-order valence-electron chi connectivity index (χ4n) is 3.53. The lowest BCUT2D eigenvalue weighted by Gasteiger charge is -2.08. The molecule has 1 saturated carbocycles. The van der Waals surface area contributed by atoms with E-state index >= 15 is 0 Å². The van der Waals surface area contributed by atoms with Crippen molar-refractivity contribution in [2.45, 2.75) is 32.2 Å². The lowest BCUT2D eigenvalue weighted by molar-refractivity contribution is 0.0949. The van der Waals surface area contributed by atoms with Crippen molar-refractivity contribution >= 4 is 5.91 Å². The second-order valence-corrected chi connectivity index (χ2v) is 7.03. The molecule has 1 aliphatic carbocycles. The van der Waals surface area contributed by atoms with E-state index in [1.807, 2.05) is 0 Å². The minimum absolute atomic E-state index is 0.0392. The maximum atomic E-state index is 14.1. The van der Waals surface area contributed by atoms with E-state index in [2.05, 4.69) is 10.4 Å². The van der Waals surface area contributed by atoms with Gasteiger partial charge in [-0.1, -0.05) is 12.1 Å². The van der Waals surface area contributed by atoms with Crippen LogP contribution in [0.15, 0.2) is 42.5 Å². The third-order valence-electron chi connectivity index (χ3n) is 5.06. The molecule has 144 valence electrons. The van der Waals surface area contributed by atoms with Crippen LogP contribution in [-0.4, -0.2) is 21.7 Å². The third-order valence-corrected chi connectivity index (χ3v) is 5.06. The van der Waals surface area contributed by atoms with Crippen LogP contribution in [0.1, 0.15) is 39.6 Å². The zero-order valence-corrected chi connectivity index (χ0v) is 15.3. The average Bonchev–Trinajstić information content (AvgIpc) is 3.33. The van der Waals surface area contributed by atoms with E-state index < -0.39 is 11.6 Å². The average molecular weight is 385 g/mol. The van der Waals surface area contributed by atoms with Crippen LogP contribution in [0.3, 0.4) is 0 Å². The van der Waals surface area contributed by atoms with E-state index in [9.17, 15) is 18.0 Å². The zero-order chi connectivity index (χ0) is 20.0. The maximum absolute atomic E-state index is 14.1. The van der Waals surface area contributed by atoms with Crippen LogP contribution >= 0.6 is 0 Å². The highest BCUT2D eigenvalue weighted by Crippen LogP contribution is 2.41. The number of hydrogen-bond donors (Lipinski definition) is 1. The highest BCUT2D eigenvalue weighted by Gasteiger charge is 2.40. The molecule has 7 heteroatoms. The Morgan fingerprint density at radius 1 is 1.07 bits per heavy atom. The topological polar surface area (TPSA) is 46.9 Å².